The third kappa shape index (κ3) is 5.77. The van der Waals surface area contributed by atoms with Crippen molar-refractivity contribution in [3.63, 3.8) is 0 Å². The Morgan fingerprint density at radius 1 is 1.23 bits per heavy atom. The van der Waals surface area contributed by atoms with E-state index in [0.717, 1.165) is 57.5 Å². The van der Waals surface area contributed by atoms with E-state index >= 15 is 0 Å². The number of piperidine rings is 1. The number of ether oxygens (including phenoxy) is 1. The monoisotopic (exact) mass is 357 g/mol. The number of methoxy groups -OCH3 is 1. The van der Waals surface area contributed by atoms with Crippen molar-refractivity contribution in [3.05, 3.63) is 29.8 Å². The predicted octanol–water partition coefficient (Wildman–Crippen LogP) is 4.26. The molecule has 0 aliphatic carbocycles. The number of carboxylic acid groups (broad SMARTS) is 1. The summed E-state index contributed by atoms with van der Waals surface area (Å²) in [5, 5.41) is 8.39. The molecule has 4 nitrogen and oxygen atoms in total. The second kappa shape index (κ2) is 10.0. The van der Waals surface area contributed by atoms with Crippen molar-refractivity contribution in [2.45, 2.75) is 63.1 Å². The Morgan fingerprint density at radius 3 is 2.38 bits per heavy atom. The molecule has 5 heteroatoms. The highest BCUT2D eigenvalue weighted by molar-refractivity contribution is 6.26. The predicted molar refractivity (Wildman–Crippen MR) is 106 cm³/mol. The molecule has 1 aromatic carbocycles. The van der Waals surface area contributed by atoms with Gasteiger partial charge in [-0.3, -0.25) is 4.79 Å². The summed E-state index contributed by atoms with van der Waals surface area (Å²) in [5.74, 6) is 0.649. The van der Waals surface area contributed by atoms with E-state index in [2.05, 4.69) is 24.0 Å². The number of likely N-dealkylation sites (tertiary alicyclic amines) is 1. The molecule has 0 bridgehead atoms. The van der Waals surface area contributed by atoms with Crippen LogP contribution in [0.2, 0.25) is 5.31 Å². The Hall–Kier alpha value is -1.49. The van der Waals surface area contributed by atoms with E-state index in [9.17, 15) is 9.90 Å². The Morgan fingerprint density at radius 2 is 1.85 bits per heavy atom. The molecule has 1 fully saturated rings. The summed E-state index contributed by atoms with van der Waals surface area (Å²) in [5.41, 5.74) is 1.39. The lowest BCUT2D eigenvalue weighted by molar-refractivity contribution is -0.141. The lowest BCUT2D eigenvalue weighted by Crippen LogP contribution is -2.34. The van der Waals surface area contributed by atoms with Gasteiger partial charge >= 0.3 is 5.97 Å². The van der Waals surface area contributed by atoms with Crippen LogP contribution in [0, 0.1) is 0 Å². The van der Waals surface area contributed by atoms with E-state index in [1.54, 1.807) is 7.11 Å². The Kier molecular flexibility index (Phi) is 8.01. The van der Waals surface area contributed by atoms with Gasteiger partial charge in [0.2, 0.25) is 0 Å². The molecule has 0 saturated carbocycles. The third-order valence-corrected chi connectivity index (χ3v) is 5.67. The number of nitrogens with zero attached hydrogens (tertiary/aromatic N) is 1. The van der Waals surface area contributed by atoms with Gasteiger partial charge in [-0.15, -0.1) is 0 Å². The molecular weight excluding hydrogens is 325 g/mol. The minimum Gasteiger partial charge on any atom is -0.497 e. The van der Waals surface area contributed by atoms with Crippen LogP contribution in [-0.4, -0.2) is 50.6 Å². The lowest BCUT2D eigenvalue weighted by Gasteiger charge is -2.33. The van der Waals surface area contributed by atoms with E-state index in [1.165, 1.54) is 5.56 Å². The topological polar surface area (TPSA) is 49.8 Å². The summed E-state index contributed by atoms with van der Waals surface area (Å²) in [4.78, 5) is 14.0. The molecule has 1 aliphatic rings. The largest absolute Gasteiger partial charge is 0.497 e. The van der Waals surface area contributed by atoms with Crippen LogP contribution in [-0.2, 0) is 4.79 Å². The maximum Gasteiger partial charge on any atom is 0.300 e. The first-order valence-electron chi connectivity index (χ1n) is 9.87. The van der Waals surface area contributed by atoms with E-state index < -0.39 is 11.3 Å². The second-order valence-electron chi connectivity index (χ2n) is 7.56. The second-order valence-corrected chi connectivity index (χ2v) is 7.56. The van der Waals surface area contributed by atoms with Crippen molar-refractivity contribution in [1.29, 1.82) is 0 Å². The number of carbonyl (C=O) groups is 1. The van der Waals surface area contributed by atoms with Crippen LogP contribution in [0.15, 0.2) is 24.3 Å². The molecule has 0 amide bonds. The van der Waals surface area contributed by atoms with Gasteiger partial charge in [0.15, 0.2) is 0 Å². The standard InChI is InChI=1S/C21H32BNO3/c1-3-4-12-21(22,20(24)25)13-5-14-23-15-10-18(11-16-23)17-6-8-19(26-2)9-7-17/h6-9,18H,3-5,10-16H2,1-2H3,(H,24,25). The number of unbranched alkanes of at least 4 members (excludes halogenated alkanes) is 1. The summed E-state index contributed by atoms with van der Waals surface area (Å²) >= 11 is 0. The van der Waals surface area contributed by atoms with Crippen molar-refractivity contribution in [2.24, 2.45) is 0 Å². The molecule has 2 radical (unpaired) electrons. The maximum absolute atomic E-state index is 11.5. The molecule has 0 aromatic heterocycles. The fraction of sp³-hybridized carbons (Fsp3) is 0.667. The van der Waals surface area contributed by atoms with Gasteiger partial charge in [-0.2, -0.15) is 0 Å². The third-order valence-electron chi connectivity index (χ3n) is 5.67. The van der Waals surface area contributed by atoms with Crippen molar-refractivity contribution >= 4 is 13.8 Å². The van der Waals surface area contributed by atoms with Crippen LogP contribution < -0.4 is 4.74 Å². The fourth-order valence-corrected chi connectivity index (χ4v) is 3.82. The summed E-state index contributed by atoms with van der Waals surface area (Å²) in [6, 6.07) is 8.40. The molecular formula is C21H32BNO3. The number of rotatable bonds is 10. The van der Waals surface area contributed by atoms with Gasteiger partial charge in [-0.25, -0.2) is 0 Å². The molecule has 142 valence electrons. The first kappa shape index (κ1) is 20.8. The average Bonchev–Trinajstić information content (AvgIpc) is 2.67. The molecule has 26 heavy (non-hydrogen) atoms. The fourth-order valence-electron chi connectivity index (χ4n) is 3.82. The molecule has 1 N–H and O–H groups in total. The van der Waals surface area contributed by atoms with Gasteiger partial charge in [-0.05, 0) is 75.4 Å². The number of hydrogen-bond acceptors (Lipinski definition) is 3. The highest BCUT2D eigenvalue weighted by Crippen LogP contribution is 2.35. The zero-order valence-corrected chi connectivity index (χ0v) is 16.2. The molecule has 2 rings (SSSR count). The summed E-state index contributed by atoms with van der Waals surface area (Å²) < 4.78 is 5.23. The number of carboxylic acids is 1. The highest BCUT2D eigenvalue weighted by atomic mass is 16.5. The normalized spacial score (nSPS) is 18.4. The number of hydrogen-bond donors (Lipinski definition) is 1. The quantitative estimate of drug-likeness (QED) is 0.636. The van der Waals surface area contributed by atoms with E-state index in [0.29, 0.717) is 18.8 Å². The van der Waals surface area contributed by atoms with Crippen LogP contribution in [0.5, 0.6) is 5.75 Å². The lowest BCUT2D eigenvalue weighted by atomic mass is 9.63. The maximum atomic E-state index is 11.5. The smallest absolute Gasteiger partial charge is 0.300 e. The summed E-state index contributed by atoms with van der Waals surface area (Å²) in [7, 11) is 7.83. The van der Waals surface area contributed by atoms with Crippen molar-refractivity contribution in [2.75, 3.05) is 26.7 Å². The molecule has 1 aliphatic heterocycles. The van der Waals surface area contributed by atoms with Gasteiger partial charge in [0.05, 0.1) is 15.0 Å². The van der Waals surface area contributed by atoms with E-state index in [-0.39, 0.29) is 0 Å². The van der Waals surface area contributed by atoms with Gasteiger partial charge < -0.3 is 14.7 Å². The van der Waals surface area contributed by atoms with Crippen LogP contribution in [0.1, 0.15) is 63.4 Å². The van der Waals surface area contributed by atoms with Crippen LogP contribution in [0.25, 0.3) is 0 Å². The van der Waals surface area contributed by atoms with Crippen LogP contribution >= 0.6 is 0 Å². The molecule has 1 unspecified atom stereocenters. The SMILES string of the molecule is [B]C(CCCC)(CCCN1CCC(c2ccc(OC)cc2)CC1)C(=O)O. The van der Waals surface area contributed by atoms with Gasteiger partial charge in [0.1, 0.15) is 5.75 Å². The Balaban J connectivity index is 1.75. The Labute approximate surface area is 159 Å². The van der Waals surface area contributed by atoms with Crippen molar-refractivity contribution in [3.8, 4) is 5.75 Å². The average molecular weight is 357 g/mol. The van der Waals surface area contributed by atoms with E-state index in [4.69, 9.17) is 12.6 Å². The minimum absolute atomic E-state index is 0.556. The van der Waals surface area contributed by atoms with E-state index in [1.807, 2.05) is 12.1 Å². The van der Waals surface area contributed by atoms with Crippen molar-refractivity contribution in [1.82, 2.24) is 4.90 Å². The first-order chi connectivity index (χ1) is 12.5. The first-order valence-corrected chi connectivity index (χ1v) is 9.87. The van der Waals surface area contributed by atoms with Crippen molar-refractivity contribution < 1.29 is 14.6 Å². The van der Waals surface area contributed by atoms with Crippen LogP contribution in [0.3, 0.4) is 0 Å². The van der Waals surface area contributed by atoms with Gasteiger partial charge in [0, 0.05) is 5.31 Å². The number of benzene rings is 1. The molecule has 1 aromatic rings. The van der Waals surface area contributed by atoms with Crippen LogP contribution in [0.4, 0.5) is 0 Å². The van der Waals surface area contributed by atoms with Gasteiger partial charge in [-0.1, -0.05) is 31.9 Å². The summed E-state index contributed by atoms with van der Waals surface area (Å²) in [6.07, 6.45) is 6.11. The zero-order chi connectivity index (χ0) is 19.0. The number of aliphatic carboxylic acids is 1. The molecule has 1 heterocycles. The highest BCUT2D eigenvalue weighted by Gasteiger charge is 2.31. The minimum atomic E-state index is -1.06. The molecule has 0 spiro atoms. The Bertz CT molecular complexity index is 555. The zero-order valence-electron chi connectivity index (χ0n) is 16.2. The molecule has 1 saturated heterocycles. The van der Waals surface area contributed by atoms with Gasteiger partial charge in [0.25, 0.3) is 0 Å². The summed E-state index contributed by atoms with van der Waals surface area (Å²) in [6.45, 7) is 5.13. The molecule has 1 atom stereocenters.